The van der Waals surface area contributed by atoms with Gasteiger partial charge in [0.15, 0.2) is 0 Å². The molecule has 0 aromatic rings. The largest absolute Gasteiger partial charge is 0.480 e. The van der Waals surface area contributed by atoms with Gasteiger partial charge in [-0.3, -0.25) is 14.5 Å². The minimum Gasteiger partial charge on any atom is -0.480 e. The van der Waals surface area contributed by atoms with Crippen LogP contribution in [0.1, 0.15) is 19.3 Å². The molecule has 0 spiro atoms. The molecule has 0 aromatic heterocycles. The summed E-state index contributed by atoms with van der Waals surface area (Å²) >= 11 is 0. The van der Waals surface area contributed by atoms with Crippen molar-refractivity contribution < 1.29 is 19.4 Å². The minimum atomic E-state index is -0.824. The quantitative estimate of drug-likeness (QED) is 0.696. The second-order valence-corrected chi connectivity index (χ2v) is 5.41. The molecule has 2 unspecified atom stereocenters. The van der Waals surface area contributed by atoms with Gasteiger partial charge in [0, 0.05) is 32.7 Å². The topological polar surface area (TPSA) is 96.1 Å². The molecule has 1 amide bonds. The zero-order valence-electron chi connectivity index (χ0n) is 11.7. The van der Waals surface area contributed by atoms with Gasteiger partial charge in [0.1, 0.15) is 6.10 Å². The highest BCUT2D eigenvalue weighted by molar-refractivity contribution is 5.81. The average molecular weight is 285 g/mol. The summed E-state index contributed by atoms with van der Waals surface area (Å²) in [5, 5.41) is 8.81. The molecule has 0 aromatic carbocycles. The van der Waals surface area contributed by atoms with E-state index in [2.05, 4.69) is 0 Å². The first-order valence-corrected chi connectivity index (χ1v) is 7.18. The summed E-state index contributed by atoms with van der Waals surface area (Å²) in [7, 11) is 0. The van der Waals surface area contributed by atoms with Crippen LogP contribution in [-0.4, -0.2) is 78.3 Å². The van der Waals surface area contributed by atoms with Gasteiger partial charge in [-0.05, 0) is 19.3 Å². The Morgan fingerprint density at radius 1 is 1.20 bits per heavy atom. The highest BCUT2D eigenvalue weighted by atomic mass is 16.5. The molecule has 0 bridgehead atoms. The third-order valence-electron chi connectivity index (χ3n) is 3.90. The summed E-state index contributed by atoms with van der Waals surface area (Å²) in [4.78, 5) is 26.8. The fraction of sp³-hybridized carbons (Fsp3) is 0.846. The number of carboxylic acids is 1. The Balaban J connectivity index is 1.84. The van der Waals surface area contributed by atoms with Crippen LogP contribution in [0.4, 0.5) is 0 Å². The molecule has 2 heterocycles. The fourth-order valence-electron chi connectivity index (χ4n) is 2.81. The van der Waals surface area contributed by atoms with Crippen LogP contribution < -0.4 is 5.73 Å². The summed E-state index contributed by atoms with van der Waals surface area (Å²) in [5.41, 5.74) is 5.55. The van der Waals surface area contributed by atoms with E-state index in [0.717, 1.165) is 19.3 Å². The average Bonchev–Trinajstić information content (AvgIpc) is 2.78. The van der Waals surface area contributed by atoms with Crippen molar-refractivity contribution in [3.63, 3.8) is 0 Å². The van der Waals surface area contributed by atoms with Crippen molar-refractivity contribution in [2.45, 2.75) is 31.5 Å². The van der Waals surface area contributed by atoms with Gasteiger partial charge in [0.25, 0.3) is 5.91 Å². The molecule has 7 heteroatoms. The van der Waals surface area contributed by atoms with E-state index < -0.39 is 5.97 Å². The van der Waals surface area contributed by atoms with Crippen molar-refractivity contribution in [2.24, 2.45) is 5.73 Å². The monoisotopic (exact) mass is 285 g/mol. The van der Waals surface area contributed by atoms with E-state index in [0.29, 0.717) is 32.7 Å². The minimum absolute atomic E-state index is 0.000521. The highest BCUT2D eigenvalue weighted by Gasteiger charge is 2.33. The molecule has 2 aliphatic rings. The lowest BCUT2D eigenvalue weighted by Gasteiger charge is -2.24. The number of amides is 1. The summed E-state index contributed by atoms with van der Waals surface area (Å²) < 4.78 is 5.63. The number of nitrogens with zero attached hydrogens (tertiary/aromatic N) is 2. The van der Waals surface area contributed by atoms with E-state index in [4.69, 9.17) is 15.6 Å². The Hall–Kier alpha value is -1.18. The van der Waals surface area contributed by atoms with Crippen LogP contribution in [0, 0.1) is 0 Å². The van der Waals surface area contributed by atoms with Gasteiger partial charge in [-0.2, -0.15) is 0 Å². The van der Waals surface area contributed by atoms with E-state index in [-0.39, 0.29) is 24.7 Å². The number of hydrogen-bond donors (Lipinski definition) is 2. The van der Waals surface area contributed by atoms with Crippen LogP contribution in [0.2, 0.25) is 0 Å². The number of ether oxygens (including phenoxy) is 1. The predicted molar refractivity (Wildman–Crippen MR) is 72.2 cm³/mol. The van der Waals surface area contributed by atoms with Crippen molar-refractivity contribution >= 4 is 11.9 Å². The van der Waals surface area contributed by atoms with E-state index in [1.54, 1.807) is 4.90 Å². The fourth-order valence-corrected chi connectivity index (χ4v) is 2.81. The number of nitrogens with two attached hydrogens (primary N) is 1. The molecule has 0 saturated carbocycles. The van der Waals surface area contributed by atoms with Gasteiger partial charge in [0.05, 0.1) is 12.6 Å². The van der Waals surface area contributed by atoms with Crippen molar-refractivity contribution in [1.29, 1.82) is 0 Å². The predicted octanol–water partition coefficient (Wildman–Crippen LogP) is -0.888. The van der Waals surface area contributed by atoms with E-state index in [1.165, 1.54) is 0 Å². The molecular weight excluding hydrogens is 262 g/mol. The molecule has 2 atom stereocenters. The van der Waals surface area contributed by atoms with E-state index in [9.17, 15) is 9.59 Å². The Labute approximate surface area is 118 Å². The molecule has 20 heavy (non-hydrogen) atoms. The summed E-state index contributed by atoms with van der Waals surface area (Å²) in [6.07, 6.45) is 2.00. The third-order valence-corrected chi connectivity index (χ3v) is 3.90. The maximum absolute atomic E-state index is 12.4. The number of aliphatic carboxylic acids is 1. The molecule has 2 aliphatic heterocycles. The SMILES string of the molecule is NCC1CCC(C(=O)N2CCCN(CC(=O)O)CC2)O1. The number of rotatable bonds is 4. The Kier molecular flexibility index (Phi) is 5.33. The Morgan fingerprint density at radius 2 is 2.00 bits per heavy atom. The van der Waals surface area contributed by atoms with Gasteiger partial charge in [-0.15, -0.1) is 0 Å². The number of carbonyl (C=O) groups excluding carboxylic acids is 1. The molecule has 2 fully saturated rings. The molecule has 3 N–H and O–H groups in total. The molecule has 7 nitrogen and oxygen atoms in total. The summed E-state index contributed by atoms with van der Waals surface area (Å²) in [5.74, 6) is -0.798. The van der Waals surface area contributed by atoms with Gasteiger partial charge in [-0.1, -0.05) is 0 Å². The number of hydrogen-bond acceptors (Lipinski definition) is 5. The van der Waals surface area contributed by atoms with Crippen molar-refractivity contribution in [1.82, 2.24) is 9.80 Å². The second kappa shape index (κ2) is 7.01. The Bertz CT molecular complexity index is 364. The van der Waals surface area contributed by atoms with Crippen LogP contribution in [0.3, 0.4) is 0 Å². The molecule has 114 valence electrons. The highest BCUT2D eigenvalue weighted by Crippen LogP contribution is 2.21. The zero-order chi connectivity index (χ0) is 14.5. The summed E-state index contributed by atoms with van der Waals surface area (Å²) in [6.45, 7) is 3.05. The molecular formula is C13H23N3O4. The lowest BCUT2D eigenvalue weighted by molar-refractivity contribution is -0.142. The first kappa shape index (κ1) is 15.2. The van der Waals surface area contributed by atoms with Gasteiger partial charge >= 0.3 is 5.97 Å². The van der Waals surface area contributed by atoms with Crippen molar-refractivity contribution in [2.75, 3.05) is 39.3 Å². The molecule has 0 aliphatic carbocycles. The zero-order valence-corrected chi connectivity index (χ0v) is 11.7. The summed E-state index contributed by atoms with van der Waals surface area (Å²) in [6, 6.07) is 0. The Morgan fingerprint density at radius 3 is 2.65 bits per heavy atom. The standard InChI is InChI=1S/C13H23N3O4/c14-8-10-2-3-11(20-10)13(19)16-5-1-4-15(6-7-16)9-12(17)18/h10-11H,1-9,14H2,(H,17,18). The number of carbonyl (C=O) groups is 2. The lowest BCUT2D eigenvalue weighted by Crippen LogP contribution is -2.42. The van der Waals surface area contributed by atoms with Crippen LogP contribution in [-0.2, 0) is 14.3 Å². The molecule has 2 saturated heterocycles. The smallest absolute Gasteiger partial charge is 0.317 e. The maximum Gasteiger partial charge on any atom is 0.317 e. The normalized spacial score (nSPS) is 28.4. The second-order valence-electron chi connectivity index (χ2n) is 5.41. The van der Waals surface area contributed by atoms with Crippen molar-refractivity contribution in [3.05, 3.63) is 0 Å². The molecule has 2 rings (SSSR count). The third kappa shape index (κ3) is 3.91. The van der Waals surface area contributed by atoms with Gasteiger partial charge in [0.2, 0.25) is 0 Å². The van der Waals surface area contributed by atoms with Crippen LogP contribution in [0.5, 0.6) is 0 Å². The lowest BCUT2D eigenvalue weighted by atomic mass is 10.2. The van der Waals surface area contributed by atoms with Gasteiger partial charge in [-0.25, -0.2) is 0 Å². The van der Waals surface area contributed by atoms with E-state index in [1.807, 2.05) is 4.90 Å². The first-order chi connectivity index (χ1) is 9.60. The van der Waals surface area contributed by atoms with Crippen LogP contribution in [0.25, 0.3) is 0 Å². The number of carboxylic acid groups (broad SMARTS) is 1. The van der Waals surface area contributed by atoms with Crippen LogP contribution >= 0.6 is 0 Å². The van der Waals surface area contributed by atoms with E-state index >= 15 is 0 Å². The van der Waals surface area contributed by atoms with Crippen molar-refractivity contribution in [3.8, 4) is 0 Å². The van der Waals surface area contributed by atoms with Crippen LogP contribution in [0.15, 0.2) is 0 Å². The molecule has 0 radical (unpaired) electrons. The first-order valence-electron chi connectivity index (χ1n) is 7.18. The van der Waals surface area contributed by atoms with Gasteiger partial charge < -0.3 is 20.5 Å². The maximum atomic E-state index is 12.4.